The van der Waals surface area contributed by atoms with Crippen molar-refractivity contribution >= 4 is 23.5 Å². The molecule has 70 valence electrons. The predicted octanol–water partition coefficient (Wildman–Crippen LogP) is 2.03. The number of hydrogen-bond acceptors (Lipinski definition) is 3. The molecule has 0 aliphatic rings. The van der Waals surface area contributed by atoms with E-state index >= 15 is 0 Å². The number of carbonyl (C=O) groups is 1. The molecule has 0 fully saturated rings. The Morgan fingerprint density at radius 1 is 1.77 bits per heavy atom. The van der Waals surface area contributed by atoms with E-state index in [9.17, 15) is 4.79 Å². The molecule has 1 rings (SSSR count). The first-order chi connectivity index (χ1) is 6.24. The van der Waals surface area contributed by atoms with Crippen LogP contribution in [0.25, 0.3) is 0 Å². The third-order valence-electron chi connectivity index (χ3n) is 1.81. The average Bonchev–Trinajstić information content (AvgIpc) is 2.56. The molecule has 1 heterocycles. The molecule has 1 aromatic heterocycles. The Morgan fingerprint density at radius 3 is 3.00 bits per heavy atom. The molecule has 1 atom stereocenters. The average molecular weight is 197 g/mol. The first-order valence-corrected chi connectivity index (χ1v) is 4.91. The Hall–Kier alpha value is -1.16. The molecule has 1 unspecified atom stereocenters. The molecule has 4 heteroatoms. The van der Waals surface area contributed by atoms with Crippen molar-refractivity contribution in [1.29, 1.82) is 5.41 Å². The van der Waals surface area contributed by atoms with Gasteiger partial charge in [0.05, 0.1) is 5.92 Å². The van der Waals surface area contributed by atoms with E-state index in [1.54, 1.807) is 11.3 Å². The number of hydrogen-bond donors (Lipinski definition) is 2. The summed E-state index contributed by atoms with van der Waals surface area (Å²) in [5, 5.41) is 19.5. The highest BCUT2D eigenvalue weighted by Gasteiger charge is 2.16. The number of carboxylic acids is 1. The van der Waals surface area contributed by atoms with Gasteiger partial charge in [-0.3, -0.25) is 4.79 Å². The lowest BCUT2D eigenvalue weighted by molar-refractivity contribution is -0.141. The minimum Gasteiger partial charge on any atom is -0.481 e. The fourth-order valence-corrected chi connectivity index (χ4v) is 1.79. The zero-order valence-corrected chi connectivity index (χ0v) is 7.88. The summed E-state index contributed by atoms with van der Waals surface area (Å²) >= 11 is 1.56. The molecule has 0 saturated heterocycles. The van der Waals surface area contributed by atoms with E-state index in [-0.39, 0.29) is 0 Å². The van der Waals surface area contributed by atoms with Crippen LogP contribution in [0.1, 0.15) is 12.0 Å². The largest absolute Gasteiger partial charge is 0.481 e. The highest BCUT2D eigenvalue weighted by molar-refractivity contribution is 7.07. The molecule has 0 spiro atoms. The van der Waals surface area contributed by atoms with Gasteiger partial charge in [0.1, 0.15) is 0 Å². The summed E-state index contributed by atoms with van der Waals surface area (Å²) in [6.45, 7) is 0. The molecule has 0 bridgehead atoms. The second-order valence-electron chi connectivity index (χ2n) is 2.81. The number of rotatable bonds is 5. The molecule has 13 heavy (non-hydrogen) atoms. The van der Waals surface area contributed by atoms with E-state index in [1.807, 2.05) is 16.8 Å². The van der Waals surface area contributed by atoms with Gasteiger partial charge in [0.15, 0.2) is 0 Å². The number of nitrogens with one attached hydrogen (secondary N) is 1. The lowest BCUT2D eigenvalue weighted by Gasteiger charge is -2.07. The minimum absolute atomic E-state index is 0.311. The molecule has 0 amide bonds. The maximum absolute atomic E-state index is 10.7. The molecule has 0 radical (unpaired) electrons. The number of thiophene rings is 1. The molecule has 0 saturated carbocycles. The zero-order chi connectivity index (χ0) is 9.68. The molecular formula is C9H11NO2S. The lowest BCUT2D eigenvalue weighted by atomic mass is 9.99. The second kappa shape index (κ2) is 4.77. The van der Waals surface area contributed by atoms with Crippen LogP contribution in [0.3, 0.4) is 0 Å². The Bertz CT molecular complexity index is 282. The maximum atomic E-state index is 10.7. The fourth-order valence-electron chi connectivity index (χ4n) is 1.11. The highest BCUT2D eigenvalue weighted by Crippen LogP contribution is 2.14. The van der Waals surface area contributed by atoms with Crippen molar-refractivity contribution in [2.24, 2.45) is 5.92 Å². The van der Waals surface area contributed by atoms with E-state index in [1.165, 1.54) is 0 Å². The first kappa shape index (κ1) is 9.92. The smallest absolute Gasteiger partial charge is 0.307 e. The maximum Gasteiger partial charge on any atom is 0.307 e. The fraction of sp³-hybridized carbons (Fsp3) is 0.333. The van der Waals surface area contributed by atoms with E-state index in [0.29, 0.717) is 12.8 Å². The molecular weight excluding hydrogens is 186 g/mol. The first-order valence-electron chi connectivity index (χ1n) is 3.97. The molecule has 3 nitrogen and oxygen atoms in total. The van der Waals surface area contributed by atoms with Gasteiger partial charge >= 0.3 is 5.97 Å². The lowest BCUT2D eigenvalue weighted by Crippen LogP contribution is -2.16. The van der Waals surface area contributed by atoms with Gasteiger partial charge in [-0.25, -0.2) is 0 Å². The highest BCUT2D eigenvalue weighted by atomic mass is 32.1. The summed E-state index contributed by atoms with van der Waals surface area (Å²) < 4.78 is 0. The number of aliphatic carboxylic acids is 1. The molecule has 0 aliphatic heterocycles. The van der Waals surface area contributed by atoms with E-state index in [0.717, 1.165) is 11.8 Å². The Labute approximate surface area is 80.5 Å². The van der Waals surface area contributed by atoms with Crippen molar-refractivity contribution in [2.75, 3.05) is 0 Å². The van der Waals surface area contributed by atoms with Crippen LogP contribution in [0.5, 0.6) is 0 Å². The number of carboxylic acid groups (broad SMARTS) is 1. The van der Waals surface area contributed by atoms with Crippen LogP contribution in [0, 0.1) is 11.3 Å². The summed E-state index contributed by atoms with van der Waals surface area (Å²) in [6, 6.07) is 1.92. The van der Waals surface area contributed by atoms with Gasteiger partial charge in [0, 0.05) is 0 Å². The second-order valence-corrected chi connectivity index (χ2v) is 3.59. The van der Waals surface area contributed by atoms with Crippen LogP contribution in [-0.4, -0.2) is 17.3 Å². The van der Waals surface area contributed by atoms with E-state index in [4.69, 9.17) is 10.5 Å². The Kier molecular flexibility index (Phi) is 3.64. The van der Waals surface area contributed by atoms with Gasteiger partial charge in [-0.2, -0.15) is 11.3 Å². The van der Waals surface area contributed by atoms with Crippen molar-refractivity contribution in [3.63, 3.8) is 0 Å². The summed E-state index contributed by atoms with van der Waals surface area (Å²) in [5.41, 5.74) is 1.04. The van der Waals surface area contributed by atoms with Crippen molar-refractivity contribution in [3.05, 3.63) is 22.4 Å². The van der Waals surface area contributed by atoms with Crippen LogP contribution in [0.2, 0.25) is 0 Å². The monoisotopic (exact) mass is 197 g/mol. The minimum atomic E-state index is -0.824. The Balaban J connectivity index is 2.57. The normalized spacial score (nSPS) is 12.3. The standard InChI is InChI=1S/C9H11NO2S/c10-3-1-8(9(11)12)5-7-2-4-13-6-7/h2-4,6,8,10H,1,5H2,(H,11,12). The molecule has 0 aliphatic carbocycles. The van der Waals surface area contributed by atoms with Gasteiger partial charge in [-0.15, -0.1) is 0 Å². The van der Waals surface area contributed by atoms with Gasteiger partial charge in [-0.1, -0.05) is 0 Å². The van der Waals surface area contributed by atoms with Gasteiger partial charge in [-0.05, 0) is 41.4 Å². The van der Waals surface area contributed by atoms with Crippen LogP contribution in [0.15, 0.2) is 16.8 Å². The van der Waals surface area contributed by atoms with Crippen LogP contribution < -0.4 is 0 Å². The summed E-state index contributed by atoms with van der Waals surface area (Å²) in [4.78, 5) is 10.7. The van der Waals surface area contributed by atoms with Crippen molar-refractivity contribution in [3.8, 4) is 0 Å². The summed E-state index contributed by atoms with van der Waals surface area (Å²) in [7, 11) is 0. The van der Waals surface area contributed by atoms with Crippen LogP contribution >= 0.6 is 11.3 Å². The van der Waals surface area contributed by atoms with E-state index < -0.39 is 11.9 Å². The van der Waals surface area contributed by atoms with E-state index in [2.05, 4.69) is 0 Å². The van der Waals surface area contributed by atoms with Crippen molar-refractivity contribution < 1.29 is 9.90 Å². The Morgan fingerprint density at radius 2 is 2.54 bits per heavy atom. The van der Waals surface area contributed by atoms with Gasteiger partial charge in [0.25, 0.3) is 0 Å². The summed E-state index contributed by atoms with van der Waals surface area (Å²) in [6.07, 6.45) is 1.99. The van der Waals surface area contributed by atoms with Crippen molar-refractivity contribution in [1.82, 2.24) is 0 Å². The predicted molar refractivity (Wildman–Crippen MR) is 52.5 cm³/mol. The van der Waals surface area contributed by atoms with Crippen molar-refractivity contribution in [2.45, 2.75) is 12.8 Å². The zero-order valence-electron chi connectivity index (χ0n) is 7.06. The van der Waals surface area contributed by atoms with Gasteiger partial charge < -0.3 is 10.5 Å². The summed E-state index contributed by atoms with van der Waals surface area (Å²) in [5.74, 6) is -1.28. The quantitative estimate of drug-likeness (QED) is 0.709. The van der Waals surface area contributed by atoms with Crippen LogP contribution in [0.4, 0.5) is 0 Å². The SMILES string of the molecule is N=CCC(Cc1ccsc1)C(=O)O. The van der Waals surface area contributed by atoms with Gasteiger partial charge in [0.2, 0.25) is 0 Å². The molecule has 1 aromatic rings. The third kappa shape index (κ3) is 2.99. The third-order valence-corrected chi connectivity index (χ3v) is 2.55. The molecule has 2 N–H and O–H groups in total. The molecule has 0 aromatic carbocycles. The van der Waals surface area contributed by atoms with Crippen LogP contribution in [-0.2, 0) is 11.2 Å². The topological polar surface area (TPSA) is 61.2 Å².